The molecule has 1 fully saturated rings. The lowest BCUT2D eigenvalue weighted by atomic mass is 9.81. The number of amides is 4. The Kier molecular flexibility index (Phi) is 10.0. The van der Waals surface area contributed by atoms with E-state index in [1.807, 2.05) is 13.8 Å². The van der Waals surface area contributed by atoms with Gasteiger partial charge in [-0.15, -0.1) is 0 Å². The van der Waals surface area contributed by atoms with Gasteiger partial charge in [-0.05, 0) is 62.8 Å². The van der Waals surface area contributed by atoms with Crippen molar-refractivity contribution in [1.82, 2.24) is 10.6 Å². The van der Waals surface area contributed by atoms with Gasteiger partial charge in [0, 0.05) is 24.9 Å². The molecule has 2 aromatic carbocycles. The number of hydrogen-bond acceptors (Lipinski definition) is 4. The van der Waals surface area contributed by atoms with Crippen molar-refractivity contribution in [1.29, 1.82) is 0 Å². The van der Waals surface area contributed by atoms with Crippen molar-refractivity contribution in [3.05, 3.63) is 59.7 Å². The minimum atomic E-state index is -0.229. The van der Waals surface area contributed by atoms with E-state index in [9.17, 15) is 19.2 Å². The summed E-state index contributed by atoms with van der Waals surface area (Å²) in [7, 11) is 0. The first kappa shape index (κ1) is 26.9. The average Bonchev–Trinajstić information content (AvgIpc) is 2.91. The smallest absolute Gasteiger partial charge is 0.253 e. The number of carbonyl (C=O) groups is 4. The molecule has 1 saturated carbocycles. The molecule has 4 N–H and O–H groups in total. The van der Waals surface area contributed by atoms with Crippen LogP contribution in [0.5, 0.6) is 0 Å². The monoisotopic (exact) mass is 492 g/mol. The molecule has 0 saturated heterocycles. The van der Waals surface area contributed by atoms with Crippen LogP contribution in [0.2, 0.25) is 0 Å². The van der Waals surface area contributed by atoms with E-state index in [2.05, 4.69) is 21.3 Å². The number of benzene rings is 2. The lowest BCUT2D eigenvalue weighted by molar-refractivity contribution is -0.125. The van der Waals surface area contributed by atoms with Gasteiger partial charge in [-0.1, -0.05) is 38.1 Å². The van der Waals surface area contributed by atoms with Crippen LogP contribution in [0.3, 0.4) is 0 Å². The zero-order valence-corrected chi connectivity index (χ0v) is 21.1. The van der Waals surface area contributed by atoms with Crippen molar-refractivity contribution in [3.63, 3.8) is 0 Å². The van der Waals surface area contributed by atoms with Gasteiger partial charge in [0.05, 0.1) is 22.5 Å². The Balaban J connectivity index is 1.56. The molecular formula is C28H36N4O4. The van der Waals surface area contributed by atoms with Gasteiger partial charge in [-0.25, -0.2) is 0 Å². The summed E-state index contributed by atoms with van der Waals surface area (Å²) in [6.45, 7) is 5.10. The molecule has 0 spiro atoms. The molecule has 3 rings (SSSR count). The molecule has 8 heteroatoms. The van der Waals surface area contributed by atoms with Crippen LogP contribution in [0.25, 0.3) is 0 Å². The molecule has 2 aromatic rings. The van der Waals surface area contributed by atoms with Gasteiger partial charge in [0.1, 0.15) is 0 Å². The first-order valence-electron chi connectivity index (χ1n) is 12.8. The molecule has 0 unspecified atom stereocenters. The lowest BCUT2D eigenvalue weighted by Crippen LogP contribution is -2.33. The van der Waals surface area contributed by atoms with E-state index in [1.54, 1.807) is 48.5 Å². The fraction of sp³-hybridized carbons (Fsp3) is 0.429. The highest BCUT2D eigenvalue weighted by atomic mass is 16.2. The average molecular weight is 493 g/mol. The van der Waals surface area contributed by atoms with E-state index >= 15 is 0 Å². The fourth-order valence-electron chi connectivity index (χ4n) is 4.34. The number of carbonyl (C=O) groups excluding carboxylic acids is 4. The lowest BCUT2D eigenvalue weighted by Gasteiger charge is -2.27. The quantitative estimate of drug-likeness (QED) is 0.394. The van der Waals surface area contributed by atoms with Crippen LogP contribution < -0.4 is 21.3 Å². The zero-order valence-electron chi connectivity index (χ0n) is 21.1. The van der Waals surface area contributed by atoms with Crippen LogP contribution in [0.4, 0.5) is 11.4 Å². The van der Waals surface area contributed by atoms with Crippen molar-refractivity contribution >= 4 is 35.0 Å². The maximum atomic E-state index is 12.9. The molecular weight excluding hydrogens is 456 g/mol. The maximum Gasteiger partial charge on any atom is 0.253 e. The van der Waals surface area contributed by atoms with Gasteiger partial charge in [0.25, 0.3) is 11.8 Å². The number of para-hydroxylation sites is 2. The second kappa shape index (κ2) is 13.4. The SMILES string of the molecule is CCCNC(=O)c1ccccc1NC(=O)C1CCC(C(=O)Nc2ccccc2C(=O)NCCC)CC1. The minimum Gasteiger partial charge on any atom is -0.352 e. The third-order valence-corrected chi connectivity index (χ3v) is 6.40. The molecule has 0 heterocycles. The predicted molar refractivity (Wildman–Crippen MR) is 141 cm³/mol. The maximum absolute atomic E-state index is 12.9. The molecule has 36 heavy (non-hydrogen) atoms. The van der Waals surface area contributed by atoms with E-state index in [1.165, 1.54) is 0 Å². The summed E-state index contributed by atoms with van der Waals surface area (Å²) in [6.07, 6.45) is 3.96. The van der Waals surface area contributed by atoms with Gasteiger partial charge in [-0.3, -0.25) is 19.2 Å². The Bertz CT molecular complexity index is 991. The minimum absolute atomic E-state index is 0.137. The molecule has 0 aliphatic heterocycles. The third-order valence-electron chi connectivity index (χ3n) is 6.40. The first-order valence-corrected chi connectivity index (χ1v) is 12.8. The fourth-order valence-corrected chi connectivity index (χ4v) is 4.34. The number of nitrogens with one attached hydrogen (secondary N) is 4. The number of rotatable bonds is 10. The highest BCUT2D eigenvalue weighted by Gasteiger charge is 2.31. The molecule has 0 radical (unpaired) electrons. The summed E-state index contributed by atoms with van der Waals surface area (Å²) in [5, 5.41) is 11.5. The molecule has 1 aliphatic rings. The Morgan fingerprint density at radius 3 is 1.36 bits per heavy atom. The molecule has 0 bridgehead atoms. The van der Waals surface area contributed by atoms with E-state index in [0.717, 1.165) is 12.8 Å². The molecule has 192 valence electrons. The second-order valence-corrected chi connectivity index (χ2v) is 9.13. The van der Waals surface area contributed by atoms with E-state index in [4.69, 9.17) is 0 Å². The van der Waals surface area contributed by atoms with Gasteiger partial charge in [0.2, 0.25) is 11.8 Å². The predicted octanol–water partition coefficient (Wildman–Crippen LogP) is 4.35. The van der Waals surface area contributed by atoms with Crippen molar-refractivity contribution < 1.29 is 19.2 Å². The molecule has 0 aromatic heterocycles. The van der Waals surface area contributed by atoms with Crippen LogP contribution in [-0.2, 0) is 9.59 Å². The second-order valence-electron chi connectivity index (χ2n) is 9.13. The summed E-state index contributed by atoms with van der Waals surface area (Å²) in [4.78, 5) is 50.8. The van der Waals surface area contributed by atoms with Gasteiger partial charge in [-0.2, -0.15) is 0 Å². The standard InChI is InChI=1S/C28H36N4O4/c1-3-17-29-27(35)21-9-5-7-11-23(21)31-25(33)19-13-15-20(16-14-19)26(34)32-24-12-8-6-10-22(24)28(36)30-18-4-2/h5-12,19-20H,3-4,13-18H2,1-2H3,(H,29,35)(H,30,36)(H,31,33)(H,32,34). The molecule has 8 nitrogen and oxygen atoms in total. The summed E-state index contributed by atoms with van der Waals surface area (Å²) >= 11 is 0. The van der Waals surface area contributed by atoms with Crippen molar-refractivity contribution in [2.75, 3.05) is 23.7 Å². The summed E-state index contributed by atoms with van der Waals surface area (Å²) < 4.78 is 0. The van der Waals surface area contributed by atoms with Crippen LogP contribution >= 0.6 is 0 Å². The Morgan fingerprint density at radius 2 is 1.00 bits per heavy atom. The topological polar surface area (TPSA) is 116 Å². The Labute approximate surface area is 212 Å². The number of anilines is 2. The van der Waals surface area contributed by atoms with E-state index < -0.39 is 0 Å². The van der Waals surface area contributed by atoms with E-state index in [0.29, 0.717) is 61.3 Å². The van der Waals surface area contributed by atoms with Crippen LogP contribution in [-0.4, -0.2) is 36.7 Å². The van der Waals surface area contributed by atoms with Gasteiger partial charge in [0.15, 0.2) is 0 Å². The summed E-state index contributed by atoms with van der Waals surface area (Å²) in [5.74, 6) is -1.15. The highest BCUT2D eigenvalue weighted by Crippen LogP contribution is 2.31. The van der Waals surface area contributed by atoms with Crippen LogP contribution in [0.15, 0.2) is 48.5 Å². The van der Waals surface area contributed by atoms with E-state index in [-0.39, 0.29) is 35.5 Å². The highest BCUT2D eigenvalue weighted by molar-refractivity contribution is 6.05. The summed E-state index contributed by atoms with van der Waals surface area (Å²) in [6, 6.07) is 14.0. The van der Waals surface area contributed by atoms with Crippen LogP contribution in [0, 0.1) is 11.8 Å². The Hall–Kier alpha value is -3.68. The Morgan fingerprint density at radius 1 is 0.639 bits per heavy atom. The van der Waals surface area contributed by atoms with Crippen molar-refractivity contribution in [2.45, 2.75) is 52.4 Å². The summed E-state index contributed by atoms with van der Waals surface area (Å²) in [5.41, 5.74) is 1.87. The zero-order chi connectivity index (χ0) is 25.9. The van der Waals surface area contributed by atoms with Crippen molar-refractivity contribution in [2.24, 2.45) is 11.8 Å². The molecule has 0 atom stereocenters. The van der Waals surface area contributed by atoms with Gasteiger partial charge < -0.3 is 21.3 Å². The normalized spacial score (nSPS) is 17.1. The third kappa shape index (κ3) is 7.16. The molecule has 4 amide bonds. The first-order chi connectivity index (χ1) is 17.4. The van der Waals surface area contributed by atoms with Crippen molar-refractivity contribution in [3.8, 4) is 0 Å². The van der Waals surface area contributed by atoms with Crippen LogP contribution in [0.1, 0.15) is 73.1 Å². The molecule has 1 aliphatic carbocycles. The number of hydrogen-bond donors (Lipinski definition) is 4. The largest absolute Gasteiger partial charge is 0.352 e. The van der Waals surface area contributed by atoms with Gasteiger partial charge >= 0.3 is 0 Å².